The lowest BCUT2D eigenvalue weighted by atomic mass is 10.2. The largest absolute Gasteiger partial charge is 0.480 e. The van der Waals surface area contributed by atoms with Gasteiger partial charge in [-0.1, -0.05) is 6.07 Å². The molecule has 0 radical (unpaired) electrons. The summed E-state index contributed by atoms with van der Waals surface area (Å²) < 4.78 is 28.2. The molecular weight excluding hydrogens is 298 g/mol. The summed E-state index contributed by atoms with van der Waals surface area (Å²) in [6.07, 6.45) is 0. The molecule has 1 atom stereocenters. The molecule has 2 aromatic heterocycles. The quantitative estimate of drug-likeness (QED) is 0.803. The number of rotatable bonds is 3. The van der Waals surface area contributed by atoms with E-state index in [9.17, 15) is 18.7 Å². The van der Waals surface area contributed by atoms with Crippen LogP contribution in [0.5, 0.6) is 0 Å². The van der Waals surface area contributed by atoms with Gasteiger partial charge in [0, 0.05) is 12.1 Å². The molecule has 0 amide bonds. The monoisotopic (exact) mass is 308 g/mol. The van der Waals surface area contributed by atoms with Crippen LogP contribution in [0, 0.1) is 11.6 Å². The Morgan fingerprint density at radius 1 is 1.38 bits per heavy atom. The van der Waals surface area contributed by atoms with Crippen LogP contribution in [0.15, 0.2) is 29.6 Å². The SMILES string of the molecule is CC(C(=O)O)n1c(-c2cccs2)nc2cc(F)c(F)cc21. The molecule has 0 aliphatic heterocycles. The maximum absolute atomic E-state index is 13.5. The molecule has 108 valence electrons. The smallest absolute Gasteiger partial charge is 0.326 e. The van der Waals surface area contributed by atoms with Crippen LogP contribution in [0.25, 0.3) is 21.7 Å². The minimum absolute atomic E-state index is 0.227. The fraction of sp³-hybridized carbons (Fsp3) is 0.143. The van der Waals surface area contributed by atoms with Crippen molar-refractivity contribution in [3.8, 4) is 10.7 Å². The Bertz CT molecular complexity index is 827. The fourth-order valence-corrected chi connectivity index (χ4v) is 2.88. The van der Waals surface area contributed by atoms with Crippen molar-refractivity contribution in [2.75, 3.05) is 0 Å². The molecule has 1 aromatic carbocycles. The summed E-state index contributed by atoms with van der Waals surface area (Å²) in [6.45, 7) is 1.47. The van der Waals surface area contributed by atoms with E-state index in [2.05, 4.69) is 4.98 Å². The minimum atomic E-state index is -1.07. The first-order chi connectivity index (χ1) is 9.99. The van der Waals surface area contributed by atoms with Gasteiger partial charge in [-0.15, -0.1) is 11.3 Å². The second-order valence-corrected chi connectivity index (χ2v) is 5.50. The number of hydrogen-bond donors (Lipinski definition) is 1. The highest BCUT2D eigenvalue weighted by molar-refractivity contribution is 7.13. The molecule has 3 aromatic rings. The predicted molar refractivity (Wildman–Crippen MR) is 75.3 cm³/mol. The zero-order valence-corrected chi connectivity index (χ0v) is 11.7. The lowest BCUT2D eigenvalue weighted by molar-refractivity contribution is -0.140. The predicted octanol–water partition coefficient (Wildman–Crippen LogP) is 3.69. The van der Waals surface area contributed by atoms with Crippen LogP contribution < -0.4 is 0 Å². The number of aromatic nitrogens is 2. The van der Waals surface area contributed by atoms with Gasteiger partial charge in [-0.25, -0.2) is 18.6 Å². The highest BCUT2D eigenvalue weighted by Crippen LogP contribution is 2.32. The van der Waals surface area contributed by atoms with Crippen molar-refractivity contribution in [2.24, 2.45) is 0 Å². The second-order valence-electron chi connectivity index (χ2n) is 4.55. The van der Waals surface area contributed by atoms with Crippen molar-refractivity contribution in [1.82, 2.24) is 9.55 Å². The van der Waals surface area contributed by atoms with Gasteiger partial charge in [-0.2, -0.15) is 0 Å². The van der Waals surface area contributed by atoms with Crippen LogP contribution in [-0.2, 0) is 4.79 Å². The van der Waals surface area contributed by atoms with Crippen LogP contribution in [0.3, 0.4) is 0 Å². The molecule has 21 heavy (non-hydrogen) atoms. The summed E-state index contributed by atoms with van der Waals surface area (Å²) in [6, 6.07) is 4.60. The molecule has 3 rings (SSSR count). The van der Waals surface area contributed by atoms with Gasteiger partial charge in [0.15, 0.2) is 17.5 Å². The van der Waals surface area contributed by atoms with E-state index in [4.69, 9.17) is 0 Å². The first-order valence-electron chi connectivity index (χ1n) is 6.12. The van der Waals surface area contributed by atoms with Crippen LogP contribution in [0.4, 0.5) is 8.78 Å². The van der Waals surface area contributed by atoms with Crippen LogP contribution in [0.2, 0.25) is 0 Å². The number of halogens is 2. The summed E-state index contributed by atoms with van der Waals surface area (Å²) in [5.74, 6) is -2.72. The molecule has 1 N–H and O–H groups in total. The minimum Gasteiger partial charge on any atom is -0.480 e. The van der Waals surface area contributed by atoms with Crippen molar-refractivity contribution < 1.29 is 18.7 Å². The average molecular weight is 308 g/mol. The third-order valence-electron chi connectivity index (χ3n) is 3.22. The van der Waals surface area contributed by atoms with Gasteiger partial charge in [0.1, 0.15) is 6.04 Å². The number of carbonyl (C=O) groups is 1. The molecule has 0 aliphatic carbocycles. The fourth-order valence-electron chi connectivity index (χ4n) is 2.17. The number of carboxylic acids is 1. The van der Waals surface area contributed by atoms with Crippen molar-refractivity contribution >= 4 is 28.3 Å². The standard InChI is InChI=1S/C14H10F2N2O2S/c1-7(14(19)20)18-11-6-9(16)8(15)5-10(11)17-13(18)12-3-2-4-21-12/h2-7H,1H3,(H,19,20). The highest BCUT2D eigenvalue weighted by atomic mass is 32.1. The van der Waals surface area contributed by atoms with Crippen LogP contribution in [0.1, 0.15) is 13.0 Å². The van der Waals surface area contributed by atoms with Crippen molar-refractivity contribution in [1.29, 1.82) is 0 Å². The van der Waals surface area contributed by atoms with E-state index in [1.54, 1.807) is 12.1 Å². The van der Waals surface area contributed by atoms with Crippen LogP contribution >= 0.6 is 11.3 Å². The zero-order valence-electron chi connectivity index (χ0n) is 10.9. The van der Waals surface area contributed by atoms with Gasteiger partial charge in [0.05, 0.1) is 15.9 Å². The van der Waals surface area contributed by atoms with Crippen molar-refractivity contribution in [3.63, 3.8) is 0 Å². The van der Waals surface area contributed by atoms with E-state index < -0.39 is 23.6 Å². The lowest BCUT2D eigenvalue weighted by Gasteiger charge is -2.12. The number of thiophene rings is 1. The molecule has 0 saturated heterocycles. The Morgan fingerprint density at radius 3 is 2.71 bits per heavy atom. The van der Waals surface area contributed by atoms with Crippen molar-refractivity contribution in [3.05, 3.63) is 41.3 Å². The number of aliphatic carboxylic acids is 1. The summed E-state index contributed by atoms with van der Waals surface area (Å²) in [5, 5.41) is 11.1. The Kier molecular flexibility index (Phi) is 3.21. The number of carboxylic acid groups (broad SMARTS) is 1. The number of nitrogens with zero attached hydrogens (tertiary/aromatic N) is 2. The molecular formula is C14H10F2N2O2S. The molecule has 4 nitrogen and oxygen atoms in total. The van der Waals surface area contributed by atoms with Gasteiger partial charge in [-0.3, -0.25) is 0 Å². The molecule has 2 heterocycles. The summed E-state index contributed by atoms with van der Waals surface area (Å²) in [5.41, 5.74) is 0.484. The molecule has 7 heteroatoms. The van der Waals surface area contributed by atoms with E-state index in [0.29, 0.717) is 5.82 Å². The third-order valence-corrected chi connectivity index (χ3v) is 4.08. The molecule has 0 bridgehead atoms. The van der Waals surface area contributed by atoms with E-state index in [-0.39, 0.29) is 11.0 Å². The first-order valence-corrected chi connectivity index (χ1v) is 7.00. The number of benzene rings is 1. The molecule has 0 aliphatic rings. The Balaban J connectivity index is 2.36. The molecule has 0 saturated carbocycles. The average Bonchev–Trinajstić information content (AvgIpc) is 3.05. The van der Waals surface area contributed by atoms with E-state index in [0.717, 1.165) is 17.0 Å². The van der Waals surface area contributed by atoms with Gasteiger partial charge in [0.2, 0.25) is 0 Å². The normalized spacial score (nSPS) is 12.7. The zero-order chi connectivity index (χ0) is 15.1. The maximum Gasteiger partial charge on any atom is 0.326 e. The van der Waals surface area contributed by atoms with Gasteiger partial charge < -0.3 is 9.67 Å². The van der Waals surface area contributed by atoms with E-state index in [1.165, 1.54) is 22.8 Å². The molecule has 1 unspecified atom stereocenters. The molecule has 0 spiro atoms. The number of imidazole rings is 1. The summed E-state index contributed by atoms with van der Waals surface area (Å²) in [4.78, 5) is 16.3. The second kappa shape index (κ2) is 4.92. The Morgan fingerprint density at radius 2 is 2.10 bits per heavy atom. The first kappa shape index (κ1) is 13.7. The Hall–Kier alpha value is -2.28. The topological polar surface area (TPSA) is 55.1 Å². The van der Waals surface area contributed by atoms with E-state index >= 15 is 0 Å². The summed E-state index contributed by atoms with van der Waals surface area (Å²) >= 11 is 1.38. The van der Waals surface area contributed by atoms with Gasteiger partial charge in [0.25, 0.3) is 0 Å². The summed E-state index contributed by atoms with van der Waals surface area (Å²) in [7, 11) is 0. The highest BCUT2D eigenvalue weighted by Gasteiger charge is 2.23. The van der Waals surface area contributed by atoms with Crippen molar-refractivity contribution in [2.45, 2.75) is 13.0 Å². The Labute approximate surface area is 122 Å². The molecule has 0 fully saturated rings. The van der Waals surface area contributed by atoms with Gasteiger partial charge in [-0.05, 0) is 18.4 Å². The number of hydrogen-bond acceptors (Lipinski definition) is 3. The number of fused-ring (bicyclic) bond motifs is 1. The van der Waals surface area contributed by atoms with Crippen LogP contribution in [-0.4, -0.2) is 20.6 Å². The van der Waals surface area contributed by atoms with Gasteiger partial charge >= 0.3 is 5.97 Å². The lowest BCUT2D eigenvalue weighted by Crippen LogP contribution is -2.16. The van der Waals surface area contributed by atoms with E-state index in [1.807, 2.05) is 5.38 Å². The third kappa shape index (κ3) is 2.19. The maximum atomic E-state index is 13.5.